The summed E-state index contributed by atoms with van der Waals surface area (Å²) in [5, 5.41) is 0. The Morgan fingerprint density at radius 3 is 1.71 bits per heavy atom. The summed E-state index contributed by atoms with van der Waals surface area (Å²) in [5.74, 6) is -4.16. The van der Waals surface area contributed by atoms with Crippen LogP contribution in [0.1, 0.15) is 27.7 Å². The lowest BCUT2D eigenvalue weighted by Gasteiger charge is -2.43. The molecule has 178 valence electrons. The van der Waals surface area contributed by atoms with Crippen molar-refractivity contribution in [2.45, 2.75) is 63.9 Å². The topological polar surface area (TPSA) is 158 Å². The van der Waals surface area contributed by atoms with E-state index in [1.807, 2.05) is 0 Å². The van der Waals surface area contributed by atoms with E-state index in [0.29, 0.717) is 0 Å². The first-order valence-electron chi connectivity index (χ1n) is 8.35. The molecule has 1 aliphatic heterocycles. The van der Waals surface area contributed by atoms with Crippen molar-refractivity contribution in [3.05, 3.63) is 0 Å². The monoisotopic (exact) mass is 480 g/mol. The van der Waals surface area contributed by atoms with E-state index >= 15 is 0 Å². The van der Waals surface area contributed by atoms with Crippen LogP contribution >= 0.6 is 0 Å². The molecule has 2 unspecified atom stereocenters. The van der Waals surface area contributed by atoms with Crippen molar-refractivity contribution in [2.75, 3.05) is 6.61 Å². The lowest BCUT2D eigenvalue weighted by atomic mass is 9.98. The van der Waals surface area contributed by atoms with Gasteiger partial charge in [-0.15, -0.1) is 0 Å². The molecule has 1 aliphatic rings. The van der Waals surface area contributed by atoms with Crippen molar-refractivity contribution >= 4 is 34.0 Å². The largest absolute Gasteiger partial charge is 0.523 e. The first-order valence-corrected chi connectivity index (χ1v) is 9.76. The summed E-state index contributed by atoms with van der Waals surface area (Å²) in [6.45, 7) is 2.82. The van der Waals surface area contributed by atoms with E-state index in [2.05, 4.69) is 8.92 Å². The zero-order valence-corrected chi connectivity index (χ0v) is 17.4. The molecule has 0 radical (unpaired) electrons. The van der Waals surface area contributed by atoms with Gasteiger partial charge in [-0.05, 0) is 0 Å². The van der Waals surface area contributed by atoms with Gasteiger partial charge in [-0.2, -0.15) is 21.6 Å². The van der Waals surface area contributed by atoms with Crippen LogP contribution in [0.2, 0.25) is 0 Å². The quantitative estimate of drug-likeness (QED) is 0.207. The smallest absolute Gasteiger partial charge is 0.463 e. The van der Waals surface area contributed by atoms with E-state index < -0.39 is 76.8 Å². The van der Waals surface area contributed by atoms with Gasteiger partial charge in [0.15, 0.2) is 18.3 Å². The number of alkyl halides is 3. The normalized spacial score (nSPS) is 26.5. The first-order chi connectivity index (χ1) is 14.0. The minimum absolute atomic E-state index is 0.693. The first kappa shape index (κ1) is 26.6. The predicted octanol–water partition coefficient (Wildman–Crippen LogP) is -0.0643. The van der Waals surface area contributed by atoms with Gasteiger partial charge >= 0.3 is 39.5 Å². The summed E-state index contributed by atoms with van der Waals surface area (Å²) >= 11 is 0. The lowest BCUT2D eigenvalue weighted by molar-refractivity contribution is -0.292. The molecular weight excluding hydrogens is 461 g/mol. The Labute approximate surface area is 174 Å². The Hall–Kier alpha value is -2.46. The summed E-state index contributed by atoms with van der Waals surface area (Å²) in [6, 6.07) is 0. The van der Waals surface area contributed by atoms with Crippen LogP contribution in [0.5, 0.6) is 0 Å². The van der Waals surface area contributed by atoms with Gasteiger partial charge in [-0.25, -0.2) is 4.18 Å². The molecule has 1 saturated heterocycles. The molecule has 1 heterocycles. The molecule has 12 nitrogen and oxygen atoms in total. The third-order valence-electron chi connectivity index (χ3n) is 3.45. The SMILES string of the molecule is CC(=O)OC[C@H]1OC(OC(C)=O)[C@@H](OS(=O)(=O)C(F)(F)F)[C@@H](OC(C)=O)C1OC(C)=O. The summed E-state index contributed by atoms with van der Waals surface area (Å²) in [7, 11) is -6.32. The van der Waals surface area contributed by atoms with Gasteiger partial charge in [0.1, 0.15) is 12.7 Å². The Balaban J connectivity index is 3.50. The number of carbonyl (C=O) groups excluding carboxylic acids is 4. The molecule has 1 rings (SSSR count). The second kappa shape index (κ2) is 10.2. The molecule has 0 aromatic heterocycles. The Bertz CT molecular complexity index is 809. The molecule has 0 amide bonds. The molecule has 0 bridgehead atoms. The molecule has 0 aromatic carbocycles. The minimum Gasteiger partial charge on any atom is -0.463 e. The predicted molar refractivity (Wildman–Crippen MR) is 88.0 cm³/mol. The zero-order chi connectivity index (χ0) is 24.1. The van der Waals surface area contributed by atoms with E-state index in [1.165, 1.54) is 0 Å². The molecule has 1 fully saturated rings. The Morgan fingerprint density at radius 1 is 0.806 bits per heavy atom. The highest BCUT2D eigenvalue weighted by Gasteiger charge is 2.58. The van der Waals surface area contributed by atoms with Crippen LogP contribution in [0.25, 0.3) is 0 Å². The van der Waals surface area contributed by atoms with Gasteiger partial charge in [-0.3, -0.25) is 19.2 Å². The number of esters is 4. The van der Waals surface area contributed by atoms with Gasteiger partial charge in [0.2, 0.25) is 6.29 Å². The van der Waals surface area contributed by atoms with Crippen molar-refractivity contribution in [3.63, 3.8) is 0 Å². The molecule has 0 aliphatic carbocycles. The fraction of sp³-hybridized carbons (Fsp3) is 0.733. The van der Waals surface area contributed by atoms with Crippen molar-refractivity contribution in [2.24, 2.45) is 0 Å². The van der Waals surface area contributed by atoms with Gasteiger partial charge in [-0.1, -0.05) is 0 Å². The molecule has 0 spiro atoms. The fourth-order valence-corrected chi connectivity index (χ4v) is 3.04. The van der Waals surface area contributed by atoms with Crippen LogP contribution in [0.3, 0.4) is 0 Å². The van der Waals surface area contributed by atoms with Crippen LogP contribution in [0.15, 0.2) is 0 Å². The summed E-state index contributed by atoms with van der Waals surface area (Å²) in [4.78, 5) is 45.5. The molecule has 5 atom stereocenters. The summed E-state index contributed by atoms with van der Waals surface area (Å²) in [5.41, 5.74) is -5.90. The number of rotatable bonds is 7. The Kier molecular flexibility index (Phi) is 8.77. The van der Waals surface area contributed by atoms with Crippen LogP contribution in [0.4, 0.5) is 13.2 Å². The maximum Gasteiger partial charge on any atom is 0.523 e. The number of hydrogen-bond donors (Lipinski definition) is 0. The fourth-order valence-electron chi connectivity index (χ4n) is 2.43. The van der Waals surface area contributed by atoms with Crippen molar-refractivity contribution in [3.8, 4) is 0 Å². The van der Waals surface area contributed by atoms with E-state index in [1.54, 1.807) is 0 Å². The van der Waals surface area contributed by atoms with Crippen molar-refractivity contribution < 1.29 is 68.6 Å². The lowest BCUT2D eigenvalue weighted by Crippen LogP contribution is -2.63. The highest BCUT2D eigenvalue weighted by Crippen LogP contribution is 2.34. The van der Waals surface area contributed by atoms with Gasteiger partial charge in [0, 0.05) is 27.7 Å². The third kappa shape index (κ3) is 7.62. The van der Waals surface area contributed by atoms with Gasteiger partial charge in [0.05, 0.1) is 0 Å². The van der Waals surface area contributed by atoms with Crippen LogP contribution in [0, 0.1) is 0 Å². The maximum absolute atomic E-state index is 12.8. The van der Waals surface area contributed by atoms with Gasteiger partial charge < -0.3 is 23.7 Å². The second-order valence-electron chi connectivity index (χ2n) is 6.06. The van der Waals surface area contributed by atoms with E-state index in [4.69, 9.17) is 18.9 Å². The van der Waals surface area contributed by atoms with Crippen molar-refractivity contribution in [1.29, 1.82) is 0 Å². The maximum atomic E-state index is 12.8. The molecule has 16 heteroatoms. The number of halogens is 3. The third-order valence-corrected chi connectivity index (χ3v) is 4.49. The van der Waals surface area contributed by atoms with Crippen LogP contribution < -0.4 is 0 Å². The average Bonchev–Trinajstić information content (AvgIpc) is 2.56. The standard InChI is InChI=1S/C15H19F3O12S/c1-6(19)25-5-10-11(26-7(2)20)12(27-8(3)21)13(14(29-10)28-9(4)22)30-31(23,24)15(16,17)18/h10-14H,5H2,1-4H3/t10-,11?,12+,13+,14?/m1/s1. The molecule has 0 N–H and O–H groups in total. The molecule has 31 heavy (non-hydrogen) atoms. The summed E-state index contributed by atoms with van der Waals surface area (Å²) < 4.78 is 90.1. The number of carbonyl (C=O) groups is 4. The zero-order valence-electron chi connectivity index (χ0n) is 16.5. The Morgan fingerprint density at radius 2 is 1.29 bits per heavy atom. The van der Waals surface area contributed by atoms with E-state index in [0.717, 1.165) is 27.7 Å². The molecule has 0 aromatic rings. The molecule has 0 saturated carbocycles. The summed E-state index contributed by atoms with van der Waals surface area (Å²) in [6.07, 6.45) is -10.0. The van der Waals surface area contributed by atoms with Crippen molar-refractivity contribution in [1.82, 2.24) is 0 Å². The van der Waals surface area contributed by atoms with Gasteiger partial charge in [0.25, 0.3) is 0 Å². The van der Waals surface area contributed by atoms with Crippen LogP contribution in [-0.2, 0) is 57.2 Å². The molecular formula is C15H19F3O12S. The van der Waals surface area contributed by atoms with E-state index in [9.17, 15) is 40.8 Å². The van der Waals surface area contributed by atoms with Crippen LogP contribution in [-0.4, -0.2) is 75.1 Å². The van der Waals surface area contributed by atoms with E-state index in [-0.39, 0.29) is 0 Å². The minimum atomic E-state index is -6.32. The highest BCUT2D eigenvalue weighted by atomic mass is 32.2. The number of ether oxygens (including phenoxy) is 5. The number of hydrogen-bond acceptors (Lipinski definition) is 12. The average molecular weight is 480 g/mol. The highest BCUT2D eigenvalue weighted by molar-refractivity contribution is 7.87. The second-order valence-corrected chi connectivity index (χ2v) is 7.63.